The first-order valence-electron chi connectivity index (χ1n) is 6.71. The molecule has 1 aliphatic carbocycles. The first kappa shape index (κ1) is 15.2. The average molecular weight is 296 g/mol. The summed E-state index contributed by atoms with van der Waals surface area (Å²) in [6, 6.07) is 2.90. The van der Waals surface area contributed by atoms with Crippen LogP contribution in [0.15, 0.2) is 18.2 Å². The van der Waals surface area contributed by atoms with Gasteiger partial charge in [0.2, 0.25) is 0 Å². The Bertz CT molecular complexity index is 532. The van der Waals surface area contributed by atoms with Crippen LogP contribution in [0.4, 0.5) is 14.9 Å². The van der Waals surface area contributed by atoms with Gasteiger partial charge in [0, 0.05) is 18.8 Å². The molecule has 1 aliphatic rings. The number of halogens is 1. The van der Waals surface area contributed by atoms with Gasteiger partial charge >= 0.3 is 12.0 Å². The molecular weight excluding hydrogens is 279 g/mol. The summed E-state index contributed by atoms with van der Waals surface area (Å²) in [5.74, 6) is -1.57. The second kappa shape index (κ2) is 7.03. The largest absolute Gasteiger partial charge is 0.478 e. The summed E-state index contributed by atoms with van der Waals surface area (Å²) >= 11 is 0. The van der Waals surface area contributed by atoms with E-state index in [0.29, 0.717) is 19.1 Å². The third kappa shape index (κ3) is 5.03. The molecule has 2 rings (SSSR count). The van der Waals surface area contributed by atoms with Crippen LogP contribution in [0.5, 0.6) is 0 Å². The number of urea groups is 1. The minimum absolute atomic E-state index is 0.189. The summed E-state index contributed by atoms with van der Waals surface area (Å²) in [6.45, 7) is 1.51. The fraction of sp³-hybridized carbons (Fsp3) is 0.429. The lowest BCUT2D eigenvalue weighted by Crippen LogP contribution is -2.31. The second-order valence-electron chi connectivity index (χ2n) is 4.90. The van der Waals surface area contributed by atoms with E-state index < -0.39 is 23.4 Å². The van der Waals surface area contributed by atoms with E-state index in [2.05, 4.69) is 10.6 Å². The molecular formula is C14H17FN2O4. The van der Waals surface area contributed by atoms with Crippen molar-refractivity contribution < 1.29 is 23.8 Å². The van der Waals surface area contributed by atoms with Gasteiger partial charge in [-0.25, -0.2) is 14.0 Å². The molecule has 0 aromatic heterocycles. The quantitative estimate of drug-likeness (QED) is 0.672. The van der Waals surface area contributed by atoms with Crippen molar-refractivity contribution in [2.24, 2.45) is 5.92 Å². The molecule has 0 spiro atoms. The second-order valence-corrected chi connectivity index (χ2v) is 4.90. The number of carboxylic acids is 1. The summed E-state index contributed by atoms with van der Waals surface area (Å²) in [7, 11) is 0. The van der Waals surface area contributed by atoms with Crippen LogP contribution in [-0.2, 0) is 4.74 Å². The van der Waals surface area contributed by atoms with Gasteiger partial charge in [-0.2, -0.15) is 0 Å². The third-order valence-corrected chi connectivity index (χ3v) is 3.04. The molecule has 2 amide bonds. The van der Waals surface area contributed by atoms with Gasteiger partial charge in [0.15, 0.2) is 0 Å². The van der Waals surface area contributed by atoms with Crippen LogP contribution < -0.4 is 10.6 Å². The summed E-state index contributed by atoms with van der Waals surface area (Å²) in [6.07, 6.45) is 2.43. The molecule has 6 nitrogen and oxygen atoms in total. The molecule has 1 aromatic carbocycles. The fourth-order valence-corrected chi connectivity index (χ4v) is 1.71. The van der Waals surface area contributed by atoms with Crippen molar-refractivity contribution >= 4 is 17.7 Å². The fourth-order valence-electron chi connectivity index (χ4n) is 1.71. The Kier molecular flexibility index (Phi) is 5.10. The van der Waals surface area contributed by atoms with Crippen molar-refractivity contribution in [2.45, 2.75) is 12.8 Å². The maximum atomic E-state index is 13.4. The van der Waals surface area contributed by atoms with E-state index in [4.69, 9.17) is 9.84 Å². The molecule has 7 heteroatoms. The van der Waals surface area contributed by atoms with E-state index in [1.165, 1.54) is 18.9 Å². The Balaban J connectivity index is 1.71. The molecule has 21 heavy (non-hydrogen) atoms. The first-order valence-corrected chi connectivity index (χ1v) is 6.71. The summed E-state index contributed by atoms with van der Waals surface area (Å²) < 4.78 is 18.8. The molecule has 0 aliphatic heterocycles. The van der Waals surface area contributed by atoms with E-state index in [9.17, 15) is 14.0 Å². The monoisotopic (exact) mass is 296 g/mol. The molecule has 1 saturated carbocycles. The number of carboxylic acid groups (broad SMARTS) is 1. The van der Waals surface area contributed by atoms with Gasteiger partial charge in [-0.05, 0) is 37.0 Å². The van der Waals surface area contributed by atoms with Crippen LogP contribution >= 0.6 is 0 Å². The van der Waals surface area contributed by atoms with Crippen molar-refractivity contribution in [3.8, 4) is 0 Å². The van der Waals surface area contributed by atoms with E-state index >= 15 is 0 Å². The molecule has 0 atom stereocenters. The van der Waals surface area contributed by atoms with Gasteiger partial charge in [-0.15, -0.1) is 0 Å². The number of aromatic carboxylic acids is 1. The highest BCUT2D eigenvalue weighted by atomic mass is 19.1. The average Bonchev–Trinajstić information content (AvgIpc) is 3.22. The molecule has 0 bridgehead atoms. The smallest absolute Gasteiger partial charge is 0.338 e. The lowest BCUT2D eigenvalue weighted by atomic mass is 10.2. The normalized spacial score (nSPS) is 13.8. The van der Waals surface area contributed by atoms with Crippen LogP contribution in [0.25, 0.3) is 0 Å². The molecule has 0 saturated heterocycles. The Hall–Kier alpha value is -2.15. The number of carbonyl (C=O) groups excluding carboxylic acids is 1. The molecule has 1 aromatic rings. The van der Waals surface area contributed by atoms with Gasteiger partial charge in [0.1, 0.15) is 5.82 Å². The highest BCUT2D eigenvalue weighted by Crippen LogP contribution is 2.28. The highest BCUT2D eigenvalue weighted by molar-refractivity contribution is 5.91. The molecule has 0 radical (unpaired) electrons. The number of anilines is 1. The van der Waals surface area contributed by atoms with E-state index in [1.807, 2.05) is 0 Å². The Morgan fingerprint density at radius 2 is 2.14 bits per heavy atom. The summed E-state index contributed by atoms with van der Waals surface area (Å²) in [5, 5.41) is 13.7. The van der Waals surface area contributed by atoms with Crippen LogP contribution in [0, 0.1) is 11.7 Å². The standard InChI is InChI=1S/C14H17FN2O4/c15-12-7-10(3-4-11(12)13(18)19)17-14(20)16-5-6-21-8-9-1-2-9/h3-4,7,9H,1-2,5-6,8H2,(H,18,19)(H2,16,17,20). The van der Waals surface area contributed by atoms with Crippen molar-refractivity contribution in [2.75, 3.05) is 25.1 Å². The van der Waals surface area contributed by atoms with Crippen molar-refractivity contribution in [1.82, 2.24) is 5.32 Å². The molecule has 0 heterocycles. The van der Waals surface area contributed by atoms with Gasteiger partial charge in [-0.1, -0.05) is 0 Å². The highest BCUT2D eigenvalue weighted by Gasteiger charge is 2.20. The van der Waals surface area contributed by atoms with Crippen LogP contribution in [0.2, 0.25) is 0 Å². The van der Waals surface area contributed by atoms with Crippen molar-refractivity contribution in [1.29, 1.82) is 0 Å². The predicted molar refractivity (Wildman–Crippen MR) is 73.9 cm³/mol. The van der Waals surface area contributed by atoms with Gasteiger partial charge in [0.05, 0.1) is 12.2 Å². The predicted octanol–water partition coefficient (Wildman–Crippen LogP) is 2.07. The number of hydrogen-bond acceptors (Lipinski definition) is 3. The third-order valence-electron chi connectivity index (χ3n) is 3.04. The number of nitrogens with one attached hydrogen (secondary N) is 2. The maximum absolute atomic E-state index is 13.4. The zero-order valence-electron chi connectivity index (χ0n) is 11.4. The molecule has 0 unspecified atom stereocenters. The number of ether oxygens (including phenoxy) is 1. The minimum atomic E-state index is -1.35. The molecule has 114 valence electrons. The summed E-state index contributed by atoms with van der Waals surface area (Å²) in [5.41, 5.74) is -0.247. The first-order chi connectivity index (χ1) is 10.1. The van der Waals surface area contributed by atoms with Crippen molar-refractivity contribution in [3.05, 3.63) is 29.6 Å². The number of benzene rings is 1. The molecule has 1 fully saturated rings. The van der Waals surface area contributed by atoms with Crippen LogP contribution in [0.3, 0.4) is 0 Å². The topological polar surface area (TPSA) is 87.7 Å². The Morgan fingerprint density at radius 3 is 2.76 bits per heavy atom. The number of rotatable bonds is 7. The number of hydrogen-bond donors (Lipinski definition) is 3. The van der Waals surface area contributed by atoms with E-state index in [0.717, 1.165) is 18.7 Å². The van der Waals surface area contributed by atoms with Crippen LogP contribution in [-0.4, -0.2) is 36.9 Å². The number of carbonyl (C=O) groups is 2. The van der Waals surface area contributed by atoms with Gasteiger partial charge in [-0.3, -0.25) is 0 Å². The lowest BCUT2D eigenvalue weighted by Gasteiger charge is -2.08. The van der Waals surface area contributed by atoms with Gasteiger partial charge in [0.25, 0.3) is 0 Å². The minimum Gasteiger partial charge on any atom is -0.478 e. The van der Waals surface area contributed by atoms with Crippen molar-refractivity contribution in [3.63, 3.8) is 0 Å². The van der Waals surface area contributed by atoms with Gasteiger partial charge < -0.3 is 20.5 Å². The Labute approximate surface area is 121 Å². The van der Waals surface area contributed by atoms with E-state index in [-0.39, 0.29) is 5.69 Å². The number of amides is 2. The lowest BCUT2D eigenvalue weighted by molar-refractivity contribution is 0.0692. The molecule has 3 N–H and O–H groups in total. The maximum Gasteiger partial charge on any atom is 0.338 e. The van der Waals surface area contributed by atoms with E-state index in [1.54, 1.807) is 0 Å². The SMILES string of the molecule is O=C(NCCOCC1CC1)Nc1ccc(C(=O)O)c(F)c1. The zero-order chi connectivity index (χ0) is 15.2. The Morgan fingerprint density at radius 1 is 1.38 bits per heavy atom. The summed E-state index contributed by atoms with van der Waals surface area (Å²) in [4.78, 5) is 22.2. The zero-order valence-corrected chi connectivity index (χ0v) is 11.4. The van der Waals surface area contributed by atoms with Crippen LogP contribution in [0.1, 0.15) is 23.2 Å².